The van der Waals surface area contributed by atoms with Gasteiger partial charge in [-0.15, -0.1) is 0 Å². The van der Waals surface area contributed by atoms with Crippen LogP contribution in [-0.2, 0) is 0 Å². The first-order valence-electron chi connectivity index (χ1n) is 4.78. The van der Waals surface area contributed by atoms with Crippen molar-refractivity contribution in [3.05, 3.63) is 35.0 Å². The predicted molar refractivity (Wildman–Crippen MR) is 59.8 cm³/mol. The zero-order valence-corrected chi connectivity index (χ0v) is 8.96. The molecular formula is C11H13ClN2. The lowest BCUT2D eigenvalue weighted by Gasteiger charge is -2.26. The van der Waals surface area contributed by atoms with E-state index in [0.29, 0.717) is 5.02 Å². The summed E-state index contributed by atoms with van der Waals surface area (Å²) in [5.74, 6) is 1.01. The van der Waals surface area contributed by atoms with Crippen LogP contribution in [0.5, 0.6) is 0 Å². The van der Waals surface area contributed by atoms with Crippen LogP contribution in [0, 0.1) is 0 Å². The van der Waals surface area contributed by atoms with Gasteiger partial charge in [0.2, 0.25) is 0 Å². The molecule has 0 saturated heterocycles. The fourth-order valence-corrected chi connectivity index (χ4v) is 1.65. The lowest BCUT2D eigenvalue weighted by atomic mass is 10.1. The number of aromatic nitrogens is 1. The second-order valence-electron chi connectivity index (χ2n) is 3.58. The van der Waals surface area contributed by atoms with Crippen LogP contribution in [0.2, 0.25) is 5.02 Å². The minimum Gasteiger partial charge on any atom is -0.353 e. The van der Waals surface area contributed by atoms with E-state index in [2.05, 4.69) is 22.9 Å². The van der Waals surface area contributed by atoms with Gasteiger partial charge in [-0.3, -0.25) is 0 Å². The van der Waals surface area contributed by atoms with Crippen molar-refractivity contribution in [1.29, 1.82) is 0 Å². The van der Waals surface area contributed by atoms with Gasteiger partial charge in [-0.25, -0.2) is 4.98 Å². The van der Waals surface area contributed by atoms with Crippen LogP contribution >= 0.6 is 11.6 Å². The maximum Gasteiger partial charge on any atom is 0.128 e. The Balaban J connectivity index is 2.13. The van der Waals surface area contributed by atoms with Crippen molar-refractivity contribution in [2.75, 3.05) is 18.0 Å². The molecule has 1 aliphatic heterocycles. The third kappa shape index (κ3) is 2.07. The van der Waals surface area contributed by atoms with E-state index in [1.165, 1.54) is 5.57 Å². The first-order chi connectivity index (χ1) is 6.75. The Bertz CT molecular complexity index is 343. The number of nitrogens with zero attached hydrogens (tertiary/aromatic N) is 2. The Hall–Kier alpha value is -1.02. The molecule has 14 heavy (non-hydrogen) atoms. The molecule has 0 radical (unpaired) electrons. The van der Waals surface area contributed by atoms with E-state index in [9.17, 15) is 0 Å². The van der Waals surface area contributed by atoms with E-state index in [1.54, 1.807) is 6.20 Å². The molecule has 2 nitrogen and oxygen atoms in total. The largest absolute Gasteiger partial charge is 0.353 e. The molecule has 74 valence electrons. The third-order valence-electron chi connectivity index (χ3n) is 2.47. The minimum absolute atomic E-state index is 0.692. The topological polar surface area (TPSA) is 16.1 Å². The molecule has 0 saturated carbocycles. The van der Waals surface area contributed by atoms with Crippen LogP contribution in [0.4, 0.5) is 5.82 Å². The van der Waals surface area contributed by atoms with Gasteiger partial charge in [0.25, 0.3) is 0 Å². The highest BCUT2D eigenvalue weighted by molar-refractivity contribution is 6.30. The van der Waals surface area contributed by atoms with Crippen molar-refractivity contribution in [3.63, 3.8) is 0 Å². The summed E-state index contributed by atoms with van der Waals surface area (Å²) in [5.41, 5.74) is 1.47. The SMILES string of the molecule is CC1=CCN(c2ccc(Cl)cn2)CC1. The van der Waals surface area contributed by atoms with E-state index < -0.39 is 0 Å². The van der Waals surface area contributed by atoms with Crippen LogP contribution in [0.1, 0.15) is 13.3 Å². The zero-order valence-electron chi connectivity index (χ0n) is 8.20. The molecule has 0 aliphatic carbocycles. The smallest absolute Gasteiger partial charge is 0.128 e. The molecule has 0 amide bonds. The molecule has 0 spiro atoms. The number of halogens is 1. The van der Waals surface area contributed by atoms with Crippen LogP contribution in [0.3, 0.4) is 0 Å². The molecule has 1 aromatic heterocycles. The van der Waals surface area contributed by atoms with Crippen LogP contribution in [0.15, 0.2) is 30.0 Å². The van der Waals surface area contributed by atoms with Crippen molar-refractivity contribution in [3.8, 4) is 0 Å². The molecule has 0 fully saturated rings. The lowest BCUT2D eigenvalue weighted by Crippen LogP contribution is -2.28. The summed E-state index contributed by atoms with van der Waals surface area (Å²) < 4.78 is 0. The van der Waals surface area contributed by atoms with Crippen molar-refractivity contribution in [2.24, 2.45) is 0 Å². The van der Waals surface area contributed by atoms with Gasteiger partial charge in [0, 0.05) is 19.3 Å². The second kappa shape index (κ2) is 4.01. The van der Waals surface area contributed by atoms with Crippen molar-refractivity contribution >= 4 is 17.4 Å². The molecule has 0 N–H and O–H groups in total. The second-order valence-corrected chi connectivity index (χ2v) is 4.02. The Kier molecular flexibility index (Phi) is 2.73. The van der Waals surface area contributed by atoms with Gasteiger partial charge in [0.15, 0.2) is 0 Å². The quantitative estimate of drug-likeness (QED) is 0.660. The van der Waals surface area contributed by atoms with Crippen LogP contribution < -0.4 is 4.90 Å². The molecule has 1 aromatic rings. The fraction of sp³-hybridized carbons (Fsp3) is 0.364. The van der Waals surface area contributed by atoms with Gasteiger partial charge in [0.05, 0.1) is 5.02 Å². The summed E-state index contributed by atoms with van der Waals surface area (Å²) >= 11 is 5.78. The molecule has 0 bridgehead atoms. The first-order valence-corrected chi connectivity index (χ1v) is 5.15. The maximum absolute atomic E-state index is 5.78. The van der Waals surface area contributed by atoms with Gasteiger partial charge >= 0.3 is 0 Å². The Morgan fingerprint density at radius 2 is 2.29 bits per heavy atom. The van der Waals surface area contributed by atoms with Gasteiger partial charge in [0.1, 0.15) is 5.82 Å². The van der Waals surface area contributed by atoms with Gasteiger partial charge in [-0.1, -0.05) is 23.3 Å². The van der Waals surface area contributed by atoms with E-state index in [1.807, 2.05) is 12.1 Å². The predicted octanol–water partition coefficient (Wildman–Crippen LogP) is 2.89. The summed E-state index contributed by atoms with van der Waals surface area (Å²) in [6.45, 7) is 4.18. The molecule has 2 heterocycles. The lowest BCUT2D eigenvalue weighted by molar-refractivity contribution is 0.775. The van der Waals surface area contributed by atoms with Crippen molar-refractivity contribution in [2.45, 2.75) is 13.3 Å². The van der Waals surface area contributed by atoms with Gasteiger partial charge in [-0.05, 0) is 25.5 Å². The van der Waals surface area contributed by atoms with E-state index in [-0.39, 0.29) is 0 Å². The van der Waals surface area contributed by atoms with Gasteiger partial charge < -0.3 is 4.90 Å². The van der Waals surface area contributed by atoms with Crippen LogP contribution in [0.25, 0.3) is 0 Å². The molecule has 0 atom stereocenters. The highest BCUT2D eigenvalue weighted by Gasteiger charge is 2.10. The Morgan fingerprint density at radius 3 is 2.86 bits per heavy atom. The molecule has 0 unspecified atom stereocenters. The summed E-state index contributed by atoms with van der Waals surface area (Å²) in [7, 11) is 0. The molecule has 0 aromatic carbocycles. The highest BCUT2D eigenvalue weighted by atomic mass is 35.5. The molecular weight excluding hydrogens is 196 g/mol. The third-order valence-corrected chi connectivity index (χ3v) is 2.70. The summed E-state index contributed by atoms with van der Waals surface area (Å²) in [6, 6.07) is 3.85. The number of hydrogen-bond donors (Lipinski definition) is 0. The van der Waals surface area contributed by atoms with Crippen molar-refractivity contribution in [1.82, 2.24) is 4.98 Å². The summed E-state index contributed by atoms with van der Waals surface area (Å²) in [6.07, 6.45) is 5.08. The minimum atomic E-state index is 0.692. The molecule has 3 heteroatoms. The number of pyridine rings is 1. The molecule has 1 aliphatic rings. The first kappa shape index (κ1) is 9.53. The average Bonchev–Trinajstić information content (AvgIpc) is 2.21. The number of anilines is 1. The van der Waals surface area contributed by atoms with Crippen LogP contribution in [-0.4, -0.2) is 18.1 Å². The zero-order chi connectivity index (χ0) is 9.97. The Morgan fingerprint density at radius 1 is 1.43 bits per heavy atom. The summed E-state index contributed by atoms with van der Waals surface area (Å²) in [5, 5.41) is 0.692. The monoisotopic (exact) mass is 208 g/mol. The van der Waals surface area contributed by atoms with Gasteiger partial charge in [-0.2, -0.15) is 0 Å². The standard InChI is InChI=1S/C11H13ClN2/c1-9-4-6-14(7-5-9)11-3-2-10(12)8-13-11/h2-4,8H,5-7H2,1H3. The average molecular weight is 209 g/mol. The van der Waals surface area contributed by atoms with E-state index >= 15 is 0 Å². The Labute approximate surface area is 89.2 Å². The number of rotatable bonds is 1. The fourth-order valence-electron chi connectivity index (χ4n) is 1.53. The normalized spacial score (nSPS) is 16.7. The molecule has 2 rings (SSSR count). The summed E-state index contributed by atoms with van der Waals surface area (Å²) in [4.78, 5) is 6.55. The number of hydrogen-bond acceptors (Lipinski definition) is 2. The van der Waals surface area contributed by atoms with E-state index in [4.69, 9.17) is 11.6 Å². The van der Waals surface area contributed by atoms with E-state index in [0.717, 1.165) is 25.3 Å². The van der Waals surface area contributed by atoms with Crippen molar-refractivity contribution < 1.29 is 0 Å². The maximum atomic E-state index is 5.78. The highest BCUT2D eigenvalue weighted by Crippen LogP contribution is 2.18.